The second-order valence-corrected chi connectivity index (χ2v) is 4.05. The summed E-state index contributed by atoms with van der Waals surface area (Å²) in [5, 5.41) is 2.22. The van der Waals surface area contributed by atoms with Gasteiger partial charge in [-0.15, -0.1) is 0 Å². The van der Waals surface area contributed by atoms with Crippen molar-refractivity contribution in [2.45, 2.75) is 13.1 Å². The molecule has 0 saturated heterocycles. The van der Waals surface area contributed by atoms with Crippen LogP contribution < -0.4 is 5.32 Å². The zero-order valence-electron chi connectivity index (χ0n) is 8.77. The molecule has 0 spiro atoms. The maximum atomic E-state index is 11.8. The van der Waals surface area contributed by atoms with Crippen LogP contribution in [0.15, 0.2) is 22.7 Å². The molecule has 3 nitrogen and oxygen atoms in total. The first kappa shape index (κ1) is 13.8. The quantitative estimate of drug-likeness (QED) is 0.900. The highest BCUT2D eigenvalue weighted by Crippen LogP contribution is 2.26. The first-order chi connectivity index (χ1) is 7.79. The van der Waals surface area contributed by atoms with Crippen molar-refractivity contribution in [1.82, 2.24) is 0 Å². The van der Waals surface area contributed by atoms with Gasteiger partial charge < -0.3 is 4.74 Å². The number of ether oxygens (including phenoxy) is 1. The lowest BCUT2D eigenvalue weighted by molar-refractivity contribution is -0.159. The van der Waals surface area contributed by atoms with Gasteiger partial charge in [0.15, 0.2) is 6.61 Å². The number of anilines is 1. The first-order valence-electron chi connectivity index (χ1n) is 4.55. The van der Waals surface area contributed by atoms with E-state index in [2.05, 4.69) is 26.0 Å². The molecule has 0 saturated carbocycles. The number of hydrogen-bond acceptors (Lipinski definition) is 2. The number of carbonyl (C=O) groups is 1. The predicted molar refractivity (Wildman–Crippen MR) is 59.9 cm³/mol. The molecule has 1 aromatic carbocycles. The van der Waals surface area contributed by atoms with Crippen molar-refractivity contribution in [3.63, 3.8) is 0 Å². The summed E-state index contributed by atoms with van der Waals surface area (Å²) >= 11 is 3.21. The van der Waals surface area contributed by atoms with Gasteiger partial charge in [-0.3, -0.25) is 5.32 Å². The van der Waals surface area contributed by atoms with Crippen LogP contribution in [-0.4, -0.2) is 18.9 Å². The van der Waals surface area contributed by atoms with Gasteiger partial charge in [0.2, 0.25) is 0 Å². The summed E-state index contributed by atoms with van der Waals surface area (Å²) in [4.78, 5) is 11.1. The number of aryl methyl sites for hydroxylation is 1. The number of nitrogens with one attached hydrogen (secondary N) is 1. The molecule has 7 heteroatoms. The Kier molecular flexibility index (Phi) is 4.39. The van der Waals surface area contributed by atoms with E-state index < -0.39 is 18.9 Å². The fourth-order valence-corrected chi connectivity index (χ4v) is 1.40. The number of rotatable bonds is 2. The molecule has 0 aromatic heterocycles. The monoisotopic (exact) mass is 311 g/mol. The standard InChI is InChI=1S/C10H9BrF3NO2/c1-6-3-2-4-7(8(6)11)15-9(16)17-5-10(12,13)14/h2-4H,5H2,1H3,(H,15,16). The maximum Gasteiger partial charge on any atom is 0.422 e. The van der Waals surface area contributed by atoms with Gasteiger partial charge in [-0.1, -0.05) is 12.1 Å². The summed E-state index contributed by atoms with van der Waals surface area (Å²) in [7, 11) is 0. The molecule has 0 aliphatic heterocycles. The highest BCUT2D eigenvalue weighted by atomic mass is 79.9. The molecule has 1 amide bonds. The average molecular weight is 312 g/mol. The van der Waals surface area contributed by atoms with Crippen molar-refractivity contribution in [1.29, 1.82) is 0 Å². The Bertz CT molecular complexity index is 421. The molecular weight excluding hydrogens is 303 g/mol. The molecule has 0 atom stereocenters. The molecule has 1 aromatic rings. The van der Waals surface area contributed by atoms with Gasteiger partial charge in [0.25, 0.3) is 0 Å². The van der Waals surface area contributed by atoms with Gasteiger partial charge in [0.05, 0.1) is 5.69 Å². The SMILES string of the molecule is Cc1cccc(NC(=O)OCC(F)(F)F)c1Br. The minimum Gasteiger partial charge on any atom is -0.440 e. The topological polar surface area (TPSA) is 38.3 Å². The van der Waals surface area contributed by atoms with Crippen LogP contribution in [0, 0.1) is 6.92 Å². The van der Waals surface area contributed by atoms with Gasteiger partial charge in [-0.25, -0.2) is 4.79 Å². The summed E-state index contributed by atoms with van der Waals surface area (Å²) in [6.07, 6.45) is -5.67. The second-order valence-electron chi connectivity index (χ2n) is 3.25. The lowest BCUT2D eigenvalue weighted by Gasteiger charge is -2.11. The van der Waals surface area contributed by atoms with Crippen molar-refractivity contribution in [3.8, 4) is 0 Å². The molecule has 0 aliphatic rings. The van der Waals surface area contributed by atoms with E-state index in [1.54, 1.807) is 25.1 Å². The Labute approximate surface area is 104 Å². The molecule has 0 heterocycles. The number of hydrogen-bond donors (Lipinski definition) is 1. The second kappa shape index (κ2) is 5.39. The maximum absolute atomic E-state index is 11.8. The molecule has 94 valence electrons. The fraction of sp³-hybridized carbons (Fsp3) is 0.300. The van der Waals surface area contributed by atoms with Crippen molar-refractivity contribution >= 4 is 27.7 Å². The van der Waals surface area contributed by atoms with Gasteiger partial charge in [-0.2, -0.15) is 13.2 Å². The third-order valence-electron chi connectivity index (χ3n) is 1.80. The van der Waals surface area contributed by atoms with Crippen LogP contribution in [0.4, 0.5) is 23.7 Å². The van der Waals surface area contributed by atoms with Crippen LogP contribution in [0.25, 0.3) is 0 Å². The molecular formula is C10H9BrF3NO2. The number of carbonyl (C=O) groups excluding carboxylic acids is 1. The predicted octanol–water partition coefficient (Wildman–Crippen LogP) is 3.87. The Morgan fingerprint density at radius 2 is 2.12 bits per heavy atom. The molecule has 17 heavy (non-hydrogen) atoms. The number of alkyl halides is 3. The summed E-state index contributed by atoms with van der Waals surface area (Å²) in [5.74, 6) is 0. The van der Waals surface area contributed by atoms with Crippen molar-refractivity contribution in [3.05, 3.63) is 28.2 Å². The summed E-state index contributed by atoms with van der Waals surface area (Å²) in [6.45, 7) is 0.179. The molecule has 0 unspecified atom stereocenters. The molecule has 0 fully saturated rings. The summed E-state index contributed by atoms with van der Waals surface area (Å²) in [6, 6.07) is 5.00. The molecule has 0 radical (unpaired) electrons. The zero-order chi connectivity index (χ0) is 13.1. The van der Waals surface area contributed by atoms with Crippen LogP contribution in [0.2, 0.25) is 0 Å². The Hall–Kier alpha value is -1.24. The molecule has 1 rings (SSSR count). The Balaban J connectivity index is 2.60. The highest BCUT2D eigenvalue weighted by molar-refractivity contribution is 9.10. The third-order valence-corrected chi connectivity index (χ3v) is 2.85. The van der Waals surface area contributed by atoms with Gasteiger partial charge in [-0.05, 0) is 34.5 Å². The van der Waals surface area contributed by atoms with E-state index in [0.717, 1.165) is 5.56 Å². The third kappa shape index (κ3) is 4.64. The lowest BCUT2D eigenvalue weighted by Crippen LogP contribution is -2.23. The van der Waals surface area contributed by atoms with E-state index in [4.69, 9.17) is 0 Å². The molecule has 1 N–H and O–H groups in total. The van der Waals surface area contributed by atoms with Crippen LogP contribution in [0.1, 0.15) is 5.56 Å². The lowest BCUT2D eigenvalue weighted by atomic mass is 10.2. The largest absolute Gasteiger partial charge is 0.440 e. The van der Waals surface area contributed by atoms with Crippen LogP contribution in [0.5, 0.6) is 0 Å². The zero-order valence-corrected chi connectivity index (χ0v) is 10.4. The van der Waals surface area contributed by atoms with E-state index in [9.17, 15) is 18.0 Å². The van der Waals surface area contributed by atoms with Crippen LogP contribution >= 0.6 is 15.9 Å². The molecule has 0 aliphatic carbocycles. The van der Waals surface area contributed by atoms with Gasteiger partial charge in [0, 0.05) is 4.47 Å². The van der Waals surface area contributed by atoms with E-state index in [1.165, 1.54) is 0 Å². The van der Waals surface area contributed by atoms with Crippen LogP contribution in [-0.2, 0) is 4.74 Å². The summed E-state index contributed by atoms with van der Waals surface area (Å²) in [5.41, 5.74) is 1.20. The number of amides is 1. The summed E-state index contributed by atoms with van der Waals surface area (Å²) < 4.78 is 40.0. The highest BCUT2D eigenvalue weighted by Gasteiger charge is 2.29. The van der Waals surface area contributed by atoms with E-state index in [1.807, 2.05) is 0 Å². The Morgan fingerprint density at radius 1 is 1.47 bits per heavy atom. The van der Waals surface area contributed by atoms with Crippen LogP contribution in [0.3, 0.4) is 0 Å². The van der Waals surface area contributed by atoms with Crippen molar-refractivity contribution in [2.24, 2.45) is 0 Å². The van der Waals surface area contributed by atoms with E-state index >= 15 is 0 Å². The minimum absolute atomic E-state index is 0.358. The van der Waals surface area contributed by atoms with Crippen molar-refractivity contribution < 1.29 is 22.7 Å². The normalized spacial score (nSPS) is 11.1. The Morgan fingerprint density at radius 3 is 2.71 bits per heavy atom. The van der Waals surface area contributed by atoms with Gasteiger partial charge in [0.1, 0.15) is 0 Å². The minimum atomic E-state index is -4.53. The smallest absolute Gasteiger partial charge is 0.422 e. The van der Waals surface area contributed by atoms with E-state index in [-0.39, 0.29) is 0 Å². The fourth-order valence-electron chi connectivity index (χ4n) is 1.04. The molecule has 0 bridgehead atoms. The average Bonchev–Trinajstić information content (AvgIpc) is 2.21. The van der Waals surface area contributed by atoms with Crippen molar-refractivity contribution in [2.75, 3.05) is 11.9 Å². The van der Waals surface area contributed by atoms with Gasteiger partial charge >= 0.3 is 12.3 Å². The number of halogens is 4. The van der Waals surface area contributed by atoms with E-state index in [0.29, 0.717) is 10.2 Å². The first-order valence-corrected chi connectivity index (χ1v) is 5.34. The number of benzene rings is 1.